The number of nitrogens with one attached hydrogen (secondary N) is 1. The molecule has 1 N–H and O–H groups in total. The molecular weight excluding hydrogens is 472 g/mol. The van der Waals surface area contributed by atoms with Crippen LogP contribution in [0.1, 0.15) is 11.1 Å². The molecule has 0 fully saturated rings. The van der Waals surface area contributed by atoms with Crippen LogP contribution in [0.5, 0.6) is 11.8 Å². The average Bonchev–Trinajstić information content (AvgIpc) is 2.88. The van der Waals surface area contributed by atoms with E-state index in [1.54, 1.807) is 6.08 Å². The number of anilines is 2. The summed E-state index contributed by atoms with van der Waals surface area (Å²) in [5.74, 6) is 0.683. The summed E-state index contributed by atoms with van der Waals surface area (Å²) in [5.41, 5.74) is 4.08. The lowest BCUT2D eigenvalue weighted by molar-refractivity contribution is 0.442. The number of benzene rings is 4. The maximum atomic E-state index is 6.19. The van der Waals surface area contributed by atoms with Crippen LogP contribution in [0.15, 0.2) is 102 Å². The summed E-state index contributed by atoms with van der Waals surface area (Å²) in [6.45, 7) is 5.78. The highest BCUT2D eigenvalue weighted by Gasteiger charge is 2.14. The van der Waals surface area contributed by atoms with Gasteiger partial charge in [0, 0.05) is 11.1 Å². The third kappa shape index (κ3) is 5.21. The predicted octanol–water partition coefficient (Wildman–Crippen LogP) is 8.58. The van der Waals surface area contributed by atoms with Crippen molar-refractivity contribution in [2.24, 2.45) is 10.2 Å². The third-order valence-electron chi connectivity index (χ3n) is 5.40. The molecular formula is C28H21ClN6O. The lowest BCUT2D eigenvalue weighted by Gasteiger charge is -2.11. The number of fused-ring (bicyclic) bond motifs is 1. The molecule has 8 heteroatoms. The Morgan fingerprint density at radius 2 is 1.72 bits per heavy atom. The van der Waals surface area contributed by atoms with Crippen LogP contribution in [0.25, 0.3) is 16.8 Å². The average molecular weight is 493 g/mol. The Bertz CT molecular complexity index is 1600. The number of hydrogen-bond acceptors (Lipinski definition) is 7. The van der Waals surface area contributed by atoms with Gasteiger partial charge in [-0.25, -0.2) is 0 Å². The number of aryl methyl sites for hydroxylation is 1. The van der Waals surface area contributed by atoms with Gasteiger partial charge in [-0.05, 0) is 59.3 Å². The van der Waals surface area contributed by atoms with Crippen molar-refractivity contribution in [2.75, 3.05) is 5.32 Å². The van der Waals surface area contributed by atoms with E-state index < -0.39 is 0 Å². The fourth-order valence-electron chi connectivity index (χ4n) is 3.60. The van der Waals surface area contributed by atoms with Crippen molar-refractivity contribution in [3.63, 3.8) is 0 Å². The summed E-state index contributed by atoms with van der Waals surface area (Å²) in [6, 6.07) is 27.1. The van der Waals surface area contributed by atoms with Gasteiger partial charge in [0.15, 0.2) is 5.75 Å². The topological polar surface area (TPSA) is 84.7 Å². The van der Waals surface area contributed by atoms with Gasteiger partial charge in [0.05, 0.1) is 5.69 Å². The Hall–Kier alpha value is -4.62. The Morgan fingerprint density at radius 1 is 0.889 bits per heavy atom. The molecule has 0 radical (unpaired) electrons. The second-order valence-corrected chi connectivity index (χ2v) is 8.23. The van der Waals surface area contributed by atoms with Crippen LogP contribution in [-0.4, -0.2) is 15.0 Å². The molecule has 0 saturated carbocycles. The zero-order valence-electron chi connectivity index (χ0n) is 19.4. The zero-order chi connectivity index (χ0) is 24.9. The van der Waals surface area contributed by atoms with Crippen LogP contribution in [0.2, 0.25) is 5.28 Å². The van der Waals surface area contributed by atoms with Crippen molar-refractivity contribution in [2.45, 2.75) is 6.92 Å². The quantitative estimate of drug-likeness (QED) is 0.230. The summed E-state index contributed by atoms with van der Waals surface area (Å²) in [6.07, 6.45) is 1.76. The minimum atomic E-state index is -0.00810. The van der Waals surface area contributed by atoms with Gasteiger partial charge in [-0.15, -0.1) is 5.11 Å². The molecule has 0 unspecified atom stereocenters. The zero-order valence-corrected chi connectivity index (χ0v) is 20.1. The highest BCUT2D eigenvalue weighted by atomic mass is 35.5. The number of rotatable bonds is 7. The highest BCUT2D eigenvalue weighted by Crippen LogP contribution is 2.39. The monoisotopic (exact) mass is 492 g/mol. The van der Waals surface area contributed by atoms with Crippen molar-refractivity contribution in [1.29, 1.82) is 0 Å². The summed E-state index contributed by atoms with van der Waals surface area (Å²) >= 11 is 6.19. The van der Waals surface area contributed by atoms with Crippen LogP contribution in [0.4, 0.5) is 23.0 Å². The molecule has 0 spiro atoms. The summed E-state index contributed by atoms with van der Waals surface area (Å²) < 4.78 is 6.08. The number of aromatic nitrogens is 3. The van der Waals surface area contributed by atoms with Crippen molar-refractivity contribution in [1.82, 2.24) is 15.0 Å². The van der Waals surface area contributed by atoms with E-state index in [4.69, 9.17) is 16.3 Å². The van der Waals surface area contributed by atoms with Gasteiger partial charge in [-0.3, -0.25) is 0 Å². The Kier molecular flexibility index (Phi) is 6.64. The fourth-order valence-corrected chi connectivity index (χ4v) is 3.76. The van der Waals surface area contributed by atoms with E-state index in [0.29, 0.717) is 11.4 Å². The van der Waals surface area contributed by atoms with Gasteiger partial charge in [0.2, 0.25) is 11.2 Å². The van der Waals surface area contributed by atoms with E-state index in [1.807, 2.05) is 91.9 Å². The number of azo groups is 1. The fraction of sp³-hybridized carbons (Fsp3) is 0.0357. The van der Waals surface area contributed by atoms with E-state index in [2.05, 4.69) is 37.1 Å². The lowest BCUT2D eigenvalue weighted by Crippen LogP contribution is -2.02. The molecule has 1 aromatic heterocycles. The molecule has 36 heavy (non-hydrogen) atoms. The second kappa shape index (κ2) is 10.3. The van der Waals surface area contributed by atoms with E-state index in [9.17, 15) is 0 Å². The van der Waals surface area contributed by atoms with Crippen molar-refractivity contribution in [3.8, 4) is 11.8 Å². The van der Waals surface area contributed by atoms with E-state index in [1.165, 1.54) is 0 Å². The molecule has 0 amide bonds. The first kappa shape index (κ1) is 23.1. The molecule has 0 aliphatic heterocycles. The lowest BCUT2D eigenvalue weighted by atomic mass is 10.1. The van der Waals surface area contributed by atoms with Crippen LogP contribution in [0.3, 0.4) is 0 Å². The normalized spacial score (nSPS) is 11.1. The molecule has 0 saturated heterocycles. The summed E-state index contributed by atoms with van der Waals surface area (Å²) in [7, 11) is 0. The SMILES string of the molecule is C=Cc1cccc(Nc2nc(Cl)nc(Oc3ccc4ccccc4c3/N=N/c3ccccc3C)n2)c1. The Labute approximate surface area is 213 Å². The molecule has 5 aromatic rings. The van der Waals surface area contributed by atoms with Crippen LogP contribution in [-0.2, 0) is 0 Å². The summed E-state index contributed by atoms with van der Waals surface area (Å²) in [4.78, 5) is 12.7. The number of nitrogens with zero attached hydrogens (tertiary/aromatic N) is 5. The van der Waals surface area contributed by atoms with E-state index in [0.717, 1.165) is 33.3 Å². The highest BCUT2D eigenvalue weighted by molar-refractivity contribution is 6.28. The van der Waals surface area contributed by atoms with Crippen LogP contribution in [0, 0.1) is 6.92 Å². The molecule has 0 bridgehead atoms. The minimum absolute atomic E-state index is 0.00810. The Morgan fingerprint density at radius 3 is 2.58 bits per heavy atom. The maximum absolute atomic E-state index is 6.19. The number of halogens is 1. The van der Waals surface area contributed by atoms with Crippen LogP contribution >= 0.6 is 11.6 Å². The standard InChI is InChI=1S/C28H21ClN6O/c1-3-19-10-8-12-21(17-19)30-27-31-26(29)32-28(33-27)36-24-16-15-20-11-5-6-13-22(20)25(24)35-34-23-14-7-4-9-18(23)2/h3-17H,1H2,2H3,(H,30,31,32,33)/b35-34+. The first-order valence-electron chi connectivity index (χ1n) is 11.2. The van der Waals surface area contributed by atoms with Crippen molar-refractivity contribution < 1.29 is 4.74 Å². The summed E-state index contributed by atoms with van der Waals surface area (Å²) in [5, 5.41) is 14.0. The minimum Gasteiger partial charge on any atom is -0.422 e. The van der Waals surface area contributed by atoms with Gasteiger partial charge >= 0.3 is 6.01 Å². The van der Waals surface area contributed by atoms with Crippen LogP contribution < -0.4 is 10.1 Å². The Balaban J connectivity index is 1.51. The molecule has 0 aliphatic rings. The molecule has 1 heterocycles. The maximum Gasteiger partial charge on any atom is 0.328 e. The predicted molar refractivity (Wildman–Crippen MR) is 144 cm³/mol. The molecule has 0 aliphatic carbocycles. The molecule has 7 nitrogen and oxygen atoms in total. The van der Waals surface area contributed by atoms with Gasteiger partial charge < -0.3 is 10.1 Å². The number of hydrogen-bond donors (Lipinski definition) is 1. The third-order valence-corrected chi connectivity index (χ3v) is 5.57. The molecule has 5 rings (SSSR count). The van der Waals surface area contributed by atoms with E-state index in [-0.39, 0.29) is 17.2 Å². The van der Waals surface area contributed by atoms with E-state index >= 15 is 0 Å². The number of ether oxygens (including phenoxy) is 1. The van der Waals surface area contributed by atoms with Gasteiger partial charge in [-0.2, -0.15) is 20.1 Å². The molecule has 176 valence electrons. The van der Waals surface area contributed by atoms with Gasteiger partial charge in [0.1, 0.15) is 5.69 Å². The largest absolute Gasteiger partial charge is 0.422 e. The smallest absolute Gasteiger partial charge is 0.328 e. The van der Waals surface area contributed by atoms with Gasteiger partial charge in [0.25, 0.3) is 0 Å². The first-order valence-corrected chi connectivity index (χ1v) is 11.5. The molecule has 0 atom stereocenters. The first-order chi connectivity index (χ1) is 17.6. The van der Waals surface area contributed by atoms with Crippen molar-refractivity contribution >= 4 is 51.5 Å². The molecule has 4 aromatic carbocycles. The van der Waals surface area contributed by atoms with Crippen molar-refractivity contribution in [3.05, 3.63) is 108 Å². The van der Waals surface area contributed by atoms with Gasteiger partial charge in [-0.1, -0.05) is 73.3 Å². The second-order valence-electron chi connectivity index (χ2n) is 7.89.